The van der Waals surface area contributed by atoms with E-state index in [-0.39, 0.29) is 11.5 Å². The van der Waals surface area contributed by atoms with E-state index in [2.05, 4.69) is 25.6 Å². The van der Waals surface area contributed by atoms with Crippen LogP contribution in [0.25, 0.3) is 0 Å². The molecule has 1 amide bonds. The van der Waals surface area contributed by atoms with Gasteiger partial charge in [-0.05, 0) is 12.5 Å². The Morgan fingerprint density at radius 3 is 3.09 bits per heavy atom. The minimum absolute atomic E-state index is 0.134. The summed E-state index contributed by atoms with van der Waals surface area (Å²) in [5, 5.41) is 13.7. The zero-order chi connectivity index (χ0) is 15.5. The number of morpholine rings is 1. The molecule has 0 radical (unpaired) electrons. The molecule has 1 aliphatic heterocycles. The molecule has 0 aliphatic carbocycles. The summed E-state index contributed by atoms with van der Waals surface area (Å²) in [4.78, 5) is 28.5. The maximum Gasteiger partial charge on any atom is 0.255 e. The number of H-pyrrole nitrogens is 2. The fourth-order valence-electron chi connectivity index (χ4n) is 2.46. The van der Waals surface area contributed by atoms with Gasteiger partial charge in [0.1, 0.15) is 6.10 Å². The van der Waals surface area contributed by atoms with Crippen molar-refractivity contribution in [2.24, 2.45) is 0 Å². The minimum atomic E-state index is -0.399. The molecule has 9 nitrogen and oxygen atoms in total. The van der Waals surface area contributed by atoms with Gasteiger partial charge < -0.3 is 14.6 Å². The van der Waals surface area contributed by atoms with E-state index in [9.17, 15) is 9.59 Å². The molecule has 0 bridgehead atoms. The molecule has 116 valence electrons. The summed E-state index contributed by atoms with van der Waals surface area (Å²) in [5.41, 5.74) is 0.941. The largest absolute Gasteiger partial charge is 0.366 e. The first kappa shape index (κ1) is 14.4. The average molecular weight is 304 g/mol. The number of amides is 1. The standard InChI is InChI=1S/C13H16N6O3/c1-2-9-8(3-4-11(20)14-9)13(21)19-5-6-22-10(7-19)12-15-17-18-16-12/h3-4,10H,2,5-7H2,1H3,(H,14,20)(H,15,16,17,18). The van der Waals surface area contributed by atoms with Crippen LogP contribution >= 0.6 is 0 Å². The molecule has 3 heterocycles. The molecule has 1 fully saturated rings. The summed E-state index contributed by atoms with van der Waals surface area (Å²) in [6.45, 7) is 3.12. The van der Waals surface area contributed by atoms with Gasteiger partial charge >= 0.3 is 0 Å². The minimum Gasteiger partial charge on any atom is -0.366 e. The predicted octanol–water partition coefficient (Wildman–Crippen LogP) is -0.336. The van der Waals surface area contributed by atoms with E-state index in [1.165, 1.54) is 6.07 Å². The third kappa shape index (κ3) is 2.75. The van der Waals surface area contributed by atoms with E-state index in [1.807, 2.05) is 6.92 Å². The number of hydrogen-bond acceptors (Lipinski definition) is 6. The average Bonchev–Trinajstić information content (AvgIpc) is 3.08. The second-order valence-electron chi connectivity index (χ2n) is 4.95. The van der Waals surface area contributed by atoms with Crippen molar-refractivity contribution in [3.8, 4) is 0 Å². The molecule has 2 N–H and O–H groups in total. The van der Waals surface area contributed by atoms with E-state index in [0.29, 0.717) is 43.2 Å². The molecule has 0 spiro atoms. The number of nitrogens with zero attached hydrogens (tertiary/aromatic N) is 4. The Morgan fingerprint density at radius 1 is 1.50 bits per heavy atom. The van der Waals surface area contributed by atoms with Crippen LogP contribution in [-0.4, -0.2) is 56.1 Å². The van der Waals surface area contributed by atoms with Gasteiger partial charge in [-0.2, -0.15) is 5.21 Å². The number of ether oxygens (including phenoxy) is 1. The molecule has 3 rings (SSSR count). The second kappa shape index (κ2) is 6.06. The first-order valence-electron chi connectivity index (χ1n) is 7.05. The number of aryl methyl sites for hydroxylation is 1. The van der Waals surface area contributed by atoms with Crippen molar-refractivity contribution in [2.45, 2.75) is 19.4 Å². The van der Waals surface area contributed by atoms with Crippen LogP contribution in [-0.2, 0) is 11.2 Å². The molecule has 1 unspecified atom stereocenters. The molecule has 1 atom stereocenters. The van der Waals surface area contributed by atoms with Crippen LogP contribution in [0.5, 0.6) is 0 Å². The van der Waals surface area contributed by atoms with Crippen molar-refractivity contribution in [1.29, 1.82) is 0 Å². The van der Waals surface area contributed by atoms with Crippen LogP contribution in [0.2, 0.25) is 0 Å². The van der Waals surface area contributed by atoms with Crippen LogP contribution in [0.15, 0.2) is 16.9 Å². The predicted molar refractivity (Wildman–Crippen MR) is 75.2 cm³/mol. The van der Waals surface area contributed by atoms with Gasteiger partial charge in [-0.1, -0.05) is 12.1 Å². The van der Waals surface area contributed by atoms with Crippen molar-refractivity contribution in [1.82, 2.24) is 30.5 Å². The van der Waals surface area contributed by atoms with E-state index >= 15 is 0 Å². The number of rotatable bonds is 3. The summed E-state index contributed by atoms with van der Waals surface area (Å²) in [6, 6.07) is 2.93. The van der Waals surface area contributed by atoms with Gasteiger partial charge in [-0.15, -0.1) is 10.2 Å². The fraction of sp³-hybridized carbons (Fsp3) is 0.462. The van der Waals surface area contributed by atoms with Gasteiger partial charge in [0, 0.05) is 18.3 Å². The molecule has 2 aromatic rings. The lowest BCUT2D eigenvalue weighted by Crippen LogP contribution is -2.43. The number of aromatic nitrogens is 5. The monoisotopic (exact) mass is 304 g/mol. The van der Waals surface area contributed by atoms with Gasteiger partial charge in [0.2, 0.25) is 11.4 Å². The van der Waals surface area contributed by atoms with Gasteiger partial charge in [0.25, 0.3) is 5.91 Å². The molecule has 1 saturated heterocycles. The Balaban J connectivity index is 1.81. The normalized spacial score (nSPS) is 18.4. The summed E-state index contributed by atoms with van der Waals surface area (Å²) in [7, 11) is 0. The lowest BCUT2D eigenvalue weighted by molar-refractivity contribution is -0.0268. The fourth-order valence-corrected chi connectivity index (χ4v) is 2.46. The summed E-state index contributed by atoms with van der Waals surface area (Å²) in [6.07, 6.45) is 0.180. The Labute approximate surface area is 125 Å². The van der Waals surface area contributed by atoms with Crippen molar-refractivity contribution >= 4 is 5.91 Å². The number of hydrogen-bond donors (Lipinski definition) is 2. The number of tetrazole rings is 1. The Hall–Kier alpha value is -2.55. The highest BCUT2D eigenvalue weighted by molar-refractivity contribution is 5.95. The molecular formula is C13H16N6O3. The Kier molecular flexibility index (Phi) is 3.96. The molecular weight excluding hydrogens is 288 g/mol. The third-order valence-corrected chi connectivity index (χ3v) is 3.59. The van der Waals surface area contributed by atoms with Crippen LogP contribution in [0.1, 0.15) is 34.9 Å². The highest BCUT2D eigenvalue weighted by Gasteiger charge is 2.29. The quantitative estimate of drug-likeness (QED) is 0.801. The first-order chi connectivity index (χ1) is 10.7. The van der Waals surface area contributed by atoms with Gasteiger partial charge in [0.15, 0.2) is 0 Å². The maximum absolute atomic E-state index is 12.7. The Bertz CT molecular complexity index is 711. The van der Waals surface area contributed by atoms with Crippen molar-refractivity contribution < 1.29 is 9.53 Å². The molecule has 22 heavy (non-hydrogen) atoms. The number of carbonyl (C=O) groups is 1. The highest BCUT2D eigenvalue weighted by Crippen LogP contribution is 2.20. The zero-order valence-corrected chi connectivity index (χ0v) is 12.1. The summed E-state index contributed by atoms with van der Waals surface area (Å²) in [5.74, 6) is 0.291. The van der Waals surface area contributed by atoms with Crippen LogP contribution < -0.4 is 5.56 Å². The number of nitrogens with one attached hydrogen (secondary N) is 2. The van der Waals surface area contributed by atoms with E-state index < -0.39 is 6.10 Å². The highest BCUT2D eigenvalue weighted by atomic mass is 16.5. The Morgan fingerprint density at radius 2 is 2.36 bits per heavy atom. The molecule has 0 aromatic carbocycles. The van der Waals surface area contributed by atoms with Crippen molar-refractivity contribution in [3.05, 3.63) is 39.6 Å². The van der Waals surface area contributed by atoms with Crippen molar-refractivity contribution in [3.63, 3.8) is 0 Å². The number of pyridine rings is 1. The second-order valence-corrected chi connectivity index (χ2v) is 4.95. The number of carbonyl (C=O) groups excluding carboxylic acids is 1. The maximum atomic E-state index is 12.7. The van der Waals surface area contributed by atoms with E-state index in [4.69, 9.17) is 4.74 Å². The van der Waals surface area contributed by atoms with Crippen LogP contribution in [0, 0.1) is 0 Å². The smallest absolute Gasteiger partial charge is 0.255 e. The molecule has 1 aliphatic rings. The first-order valence-corrected chi connectivity index (χ1v) is 7.05. The molecule has 0 saturated carbocycles. The third-order valence-electron chi connectivity index (χ3n) is 3.59. The van der Waals surface area contributed by atoms with E-state index in [1.54, 1.807) is 11.0 Å². The zero-order valence-electron chi connectivity index (χ0n) is 12.1. The van der Waals surface area contributed by atoms with Gasteiger partial charge in [0.05, 0.1) is 18.7 Å². The summed E-state index contributed by atoms with van der Waals surface area (Å²) < 4.78 is 5.58. The summed E-state index contributed by atoms with van der Waals surface area (Å²) >= 11 is 0. The topological polar surface area (TPSA) is 117 Å². The SMILES string of the molecule is CCc1[nH]c(=O)ccc1C(=O)N1CCOC(c2nn[nH]n2)C1. The van der Waals surface area contributed by atoms with Crippen molar-refractivity contribution in [2.75, 3.05) is 19.7 Å². The molecule has 9 heteroatoms. The van der Waals surface area contributed by atoms with Crippen LogP contribution in [0.4, 0.5) is 0 Å². The lowest BCUT2D eigenvalue weighted by atomic mass is 10.1. The van der Waals surface area contributed by atoms with Gasteiger partial charge in [-0.3, -0.25) is 9.59 Å². The molecule has 2 aromatic heterocycles. The van der Waals surface area contributed by atoms with E-state index in [0.717, 1.165) is 0 Å². The van der Waals surface area contributed by atoms with Gasteiger partial charge in [-0.25, -0.2) is 0 Å². The van der Waals surface area contributed by atoms with Crippen LogP contribution in [0.3, 0.4) is 0 Å². The number of aromatic amines is 2. The lowest BCUT2D eigenvalue weighted by Gasteiger charge is -2.31.